The Morgan fingerprint density at radius 1 is 1.48 bits per heavy atom. The summed E-state index contributed by atoms with van der Waals surface area (Å²) < 4.78 is 13.8. The van der Waals surface area contributed by atoms with Crippen molar-refractivity contribution in [3.63, 3.8) is 0 Å². The second-order valence-electron chi connectivity index (χ2n) is 5.33. The molecule has 112 valence electrons. The van der Waals surface area contributed by atoms with Gasteiger partial charge in [0.2, 0.25) is 0 Å². The predicted molar refractivity (Wildman–Crippen MR) is 76.1 cm³/mol. The summed E-state index contributed by atoms with van der Waals surface area (Å²) in [5.41, 5.74) is 0.461. The van der Waals surface area contributed by atoms with Gasteiger partial charge in [-0.2, -0.15) is 0 Å². The molecule has 0 unspecified atom stereocenters. The molecule has 1 aromatic carbocycles. The van der Waals surface area contributed by atoms with E-state index in [0.717, 1.165) is 0 Å². The Kier molecular flexibility index (Phi) is 4.94. The van der Waals surface area contributed by atoms with Crippen LogP contribution in [0.3, 0.4) is 0 Å². The summed E-state index contributed by atoms with van der Waals surface area (Å²) in [4.78, 5) is 13.7. The lowest BCUT2D eigenvalue weighted by atomic mass is 9.82. The molecule has 2 N–H and O–H groups in total. The summed E-state index contributed by atoms with van der Waals surface area (Å²) in [7, 11) is 1.62. The number of halogens is 1. The molecule has 0 bridgehead atoms. The fourth-order valence-electron chi connectivity index (χ4n) is 2.43. The first-order chi connectivity index (χ1) is 10.0. The molecule has 2 rings (SSSR count). The molecule has 21 heavy (non-hydrogen) atoms. The summed E-state index contributed by atoms with van der Waals surface area (Å²) in [6, 6.07) is 4.07. The van der Waals surface area contributed by atoms with Crippen molar-refractivity contribution >= 4 is 5.91 Å². The highest BCUT2D eigenvalue weighted by Crippen LogP contribution is 2.28. The van der Waals surface area contributed by atoms with Gasteiger partial charge < -0.3 is 15.1 Å². The lowest BCUT2D eigenvalue weighted by molar-refractivity contribution is 0.0264. The maximum atomic E-state index is 13.8. The fourth-order valence-corrected chi connectivity index (χ4v) is 2.43. The third-order valence-electron chi connectivity index (χ3n) is 3.60. The minimum Gasteiger partial charge on any atom is -0.393 e. The lowest BCUT2D eigenvalue weighted by Crippen LogP contribution is -2.39. The molecule has 0 saturated heterocycles. The number of amides is 1. The maximum absolute atomic E-state index is 13.8. The van der Waals surface area contributed by atoms with Crippen LogP contribution in [0.2, 0.25) is 0 Å². The van der Waals surface area contributed by atoms with Gasteiger partial charge in [-0.3, -0.25) is 4.79 Å². The second kappa shape index (κ2) is 6.70. The number of benzene rings is 1. The third-order valence-corrected chi connectivity index (χ3v) is 3.60. The van der Waals surface area contributed by atoms with Gasteiger partial charge in [-0.1, -0.05) is 11.8 Å². The predicted octanol–water partition coefficient (Wildman–Crippen LogP) is 1.01. The maximum Gasteiger partial charge on any atom is 0.256 e. The normalized spacial score (nSPS) is 20.2. The quantitative estimate of drug-likeness (QED) is 0.817. The van der Waals surface area contributed by atoms with Crippen LogP contribution in [-0.4, -0.2) is 47.3 Å². The molecule has 0 atom stereocenters. The van der Waals surface area contributed by atoms with E-state index in [-0.39, 0.29) is 24.2 Å². The highest BCUT2D eigenvalue weighted by Gasteiger charge is 2.29. The number of rotatable bonds is 3. The van der Waals surface area contributed by atoms with Crippen LogP contribution in [0.15, 0.2) is 18.2 Å². The largest absolute Gasteiger partial charge is 0.393 e. The van der Waals surface area contributed by atoms with Gasteiger partial charge in [0, 0.05) is 19.2 Å². The average Bonchev–Trinajstić information content (AvgIpc) is 2.44. The first kappa shape index (κ1) is 15.5. The summed E-state index contributed by atoms with van der Waals surface area (Å²) in [6.07, 6.45) is 1.09. The average molecular weight is 291 g/mol. The Hall–Kier alpha value is -1.90. The zero-order valence-electron chi connectivity index (χ0n) is 11.8. The molecular weight excluding hydrogens is 273 g/mol. The third kappa shape index (κ3) is 3.81. The molecule has 1 aromatic rings. The van der Waals surface area contributed by atoms with Crippen LogP contribution < -0.4 is 0 Å². The highest BCUT2D eigenvalue weighted by atomic mass is 19.1. The molecule has 1 aliphatic carbocycles. The van der Waals surface area contributed by atoms with Gasteiger partial charge >= 0.3 is 0 Å². The van der Waals surface area contributed by atoms with Crippen LogP contribution in [0.1, 0.15) is 28.8 Å². The smallest absolute Gasteiger partial charge is 0.256 e. The Bertz CT molecular complexity index is 585. The molecule has 1 aliphatic rings. The van der Waals surface area contributed by atoms with Crippen molar-refractivity contribution in [3.05, 3.63) is 35.1 Å². The van der Waals surface area contributed by atoms with Gasteiger partial charge in [0.15, 0.2) is 0 Å². The molecule has 0 radical (unpaired) electrons. The Labute approximate surface area is 123 Å². The molecule has 1 fully saturated rings. The van der Waals surface area contributed by atoms with E-state index >= 15 is 0 Å². The fraction of sp³-hybridized carbons (Fsp3) is 0.438. The Morgan fingerprint density at radius 2 is 2.19 bits per heavy atom. The molecule has 1 amide bonds. The summed E-state index contributed by atoms with van der Waals surface area (Å²) in [6.45, 7) is 0.215. The summed E-state index contributed by atoms with van der Waals surface area (Å²) in [5, 5.41) is 17.9. The Balaban J connectivity index is 2.10. The van der Waals surface area contributed by atoms with E-state index in [0.29, 0.717) is 24.9 Å². The van der Waals surface area contributed by atoms with Crippen LogP contribution in [-0.2, 0) is 0 Å². The molecule has 0 aliphatic heterocycles. The number of carbonyl (C=O) groups is 1. The summed E-state index contributed by atoms with van der Waals surface area (Å²) >= 11 is 0. The minimum absolute atomic E-state index is 0.0258. The molecule has 1 saturated carbocycles. The van der Waals surface area contributed by atoms with Gasteiger partial charge in [-0.25, -0.2) is 4.39 Å². The van der Waals surface area contributed by atoms with Crippen molar-refractivity contribution in [3.8, 4) is 11.8 Å². The molecule has 0 heterocycles. The molecule has 5 heteroatoms. The molecular formula is C16H18FNO3. The van der Waals surface area contributed by atoms with E-state index in [2.05, 4.69) is 11.8 Å². The number of aliphatic hydroxyl groups is 2. The number of hydrogen-bond donors (Lipinski definition) is 2. The first-order valence-electron chi connectivity index (χ1n) is 6.84. The SMILES string of the molecule is CN(CC1CC(O)C1)C(=O)c1cc(C#CCO)ccc1F. The van der Waals surface area contributed by atoms with E-state index in [9.17, 15) is 14.3 Å². The zero-order valence-corrected chi connectivity index (χ0v) is 11.8. The summed E-state index contributed by atoms with van der Waals surface area (Å²) in [5.74, 6) is 4.40. The molecule has 4 nitrogen and oxygen atoms in total. The van der Waals surface area contributed by atoms with E-state index in [1.54, 1.807) is 7.05 Å². The van der Waals surface area contributed by atoms with E-state index < -0.39 is 11.7 Å². The van der Waals surface area contributed by atoms with Crippen molar-refractivity contribution in [2.24, 2.45) is 5.92 Å². The van der Waals surface area contributed by atoms with Crippen LogP contribution in [0.5, 0.6) is 0 Å². The van der Waals surface area contributed by atoms with Gasteiger partial charge in [-0.15, -0.1) is 0 Å². The highest BCUT2D eigenvalue weighted by molar-refractivity contribution is 5.94. The first-order valence-corrected chi connectivity index (χ1v) is 6.84. The molecule has 0 aromatic heterocycles. The van der Waals surface area contributed by atoms with E-state index in [1.165, 1.54) is 23.1 Å². The lowest BCUT2D eigenvalue weighted by Gasteiger charge is -2.34. The van der Waals surface area contributed by atoms with Gasteiger partial charge in [-0.05, 0) is 37.0 Å². The number of hydrogen-bond acceptors (Lipinski definition) is 3. The van der Waals surface area contributed by atoms with Crippen molar-refractivity contribution in [2.45, 2.75) is 18.9 Å². The van der Waals surface area contributed by atoms with Crippen molar-refractivity contribution in [2.75, 3.05) is 20.2 Å². The minimum atomic E-state index is -0.588. The second-order valence-corrected chi connectivity index (χ2v) is 5.33. The van der Waals surface area contributed by atoms with Gasteiger partial charge in [0.25, 0.3) is 5.91 Å². The number of nitrogens with zero attached hydrogens (tertiary/aromatic N) is 1. The van der Waals surface area contributed by atoms with E-state index in [4.69, 9.17) is 5.11 Å². The zero-order chi connectivity index (χ0) is 15.4. The van der Waals surface area contributed by atoms with Crippen molar-refractivity contribution in [1.29, 1.82) is 0 Å². The monoisotopic (exact) mass is 291 g/mol. The van der Waals surface area contributed by atoms with E-state index in [1.807, 2.05) is 0 Å². The van der Waals surface area contributed by atoms with Crippen LogP contribution in [0.25, 0.3) is 0 Å². The van der Waals surface area contributed by atoms with Gasteiger partial charge in [0.05, 0.1) is 11.7 Å². The molecule has 0 spiro atoms. The van der Waals surface area contributed by atoms with Crippen molar-refractivity contribution < 1.29 is 19.4 Å². The standard InChI is InChI=1S/C16H18FNO3/c1-18(10-12-7-13(20)8-12)16(21)14-9-11(3-2-6-19)4-5-15(14)17/h4-5,9,12-13,19-20H,6-8,10H2,1H3. The number of aliphatic hydroxyl groups excluding tert-OH is 2. The van der Waals surface area contributed by atoms with Crippen LogP contribution in [0, 0.1) is 23.6 Å². The van der Waals surface area contributed by atoms with Crippen molar-refractivity contribution in [1.82, 2.24) is 4.90 Å². The number of carbonyl (C=O) groups excluding carboxylic acids is 1. The topological polar surface area (TPSA) is 60.8 Å². The van der Waals surface area contributed by atoms with Crippen LogP contribution in [0.4, 0.5) is 4.39 Å². The Morgan fingerprint density at radius 3 is 2.81 bits per heavy atom. The van der Waals surface area contributed by atoms with Crippen LogP contribution >= 0.6 is 0 Å². The van der Waals surface area contributed by atoms with Gasteiger partial charge in [0.1, 0.15) is 12.4 Å².